The monoisotopic (exact) mass is 353 g/mol. The van der Waals surface area contributed by atoms with Crippen LogP contribution < -0.4 is 10.1 Å². The van der Waals surface area contributed by atoms with Crippen molar-refractivity contribution in [3.8, 4) is 23.3 Å². The molecule has 0 heterocycles. The van der Waals surface area contributed by atoms with Gasteiger partial charge >= 0.3 is 6.09 Å². The van der Waals surface area contributed by atoms with Gasteiger partial charge in [-0.05, 0) is 51.1 Å². The van der Waals surface area contributed by atoms with Gasteiger partial charge in [-0.25, -0.2) is 4.79 Å². The van der Waals surface area contributed by atoms with Crippen molar-refractivity contribution in [2.45, 2.75) is 32.4 Å². The first kappa shape index (κ1) is 19.2. The van der Waals surface area contributed by atoms with Crippen molar-refractivity contribution in [1.82, 2.24) is 5.32 Å². The third-order valence-electron chi connectivity index (χ3n) is 3.36. The van der Waals surface area contributed by atoms with Crippen LogP contribution in [-0.4, -0.2) is 23.9 Å². The van der Waals surface area contributed by atoms with E-state index in [0.29, 0.717) is 5.56 Å². The molecule has 0 spiro atoms. The number of hydrogen-bond donors (Lipinski definition) is 2. The predicted molar refractivity (Wildman–Crippen MR) is 100 cm³/mol. The number of carbonyl (C=O) groups excluding carboxylic acids is 1. The SMILES string of the molecule is COc1ccc(C#C[C@@H](NC(=O)OC(C)(C)C)c2ccccc2O)cc1. The highest BCUT2D eigenvalue weighted by molar-refractivity contribution is 5.69. The lowest BCUT2D eigenvalue weighted by molar-refractivity contribution is 0.0515. The molecular formula is C21H23NO4. The third kappa shape index (κ3) is 5.75. The zero-order valence-corrected chi connectivity index (χ0v) is 15.4. The van der Waals surface area contributed by atoms with Crippen molar-refractivity contribution in [2.24, 2.45) is 0 Å². The van der Waals surface area contributed by atoms with Crippen LogP contribution in [0.1, 0.15) is 37.9 Å². The van der Waals surface area contributed by atoms with Gasteiger partial charge in [0.15, 0.2) is 0 Å². The molecule has 26 heavy (non-hydrogen) atoms. The second kappa shape index (κ2) is 8.30. The Morgan fingerprint density at radius 2 is 1.77 bits per heavy atom. The van der Waals surface area contributed by atoms with Gasteiger partial charge in [-0.2, -0.15) is 0 Å². The Kier molecular flexibility index (Phi) is 6.13. The molecule has 0 saturated heterocycles. The van der Waals surface area contributed by atoms with Crippen molar-refractivity contribution < 1.29 is 19.4 Å². The van der Waals surface area contributed by atoms with Gasteiger partial charge in [0.05, 0.1) is 7.11 Å². The number of ether oxygens (including phenoxy) is 2. The minimum absolute atomic E-state index is 0.0533. The molecule has 0 unspecified atom stereocenters. The summed E-state index contributed by atoms with van der Waals surface area (Å²) in [4.78, 5) is 12.1. The van der Waals surface area contributed by atoms with Gasteiger partial charge < -0.3 is 19.9 Å². The summed E-state index contributed by atoms with van der Waals surface area (Å²) in [6.45, 7) is 5.35. The van der Waals surface area contributed by atoms with E-state index < -0.39 is 17.7 Å². The lowest BCUT2D eigenvalue weighted by Gasteiger charge is -2.22. The summed E-state index contributed by atoms with van der Waals surface area (Å²) in [5, 5.41) is 12.8. The van der Waals surface area contributed by atoms with Crippen molar-refractivity contribution in [2.75, 3.05) is 7.11 Å². The summed E-state index contributed by atoms with van der Waals surface area (Å²) >= 11 is 0. The van der Waals surface area contributed by atoms with Gasteiger partial charge in [0.25, 0.3) is 0 Å². The highest BCUT2D eigenvalue weighted by Gasteiger charge is 2.21. The zero-order valence-electron chi connectivity index (χ0n) is 15.4. The number of para-hydroxylation sites is 1. The van der Waals surface area contributed by atoms with E-state index in [-0.39, 0.29) is 5.75 Å². The Morgan fingerprint density at radius 3 is 2.35 bits per heavy atom. The normalized spacial score (nSPS) is 11.7. The number of hydrogen-bond acceptors (Lipinski definition) is 4. The second-order valence-corrected chi connectivity index (χ2v) is 6.64. The van der Waals surface area contributed by atoms with E-state index >= 15 is 0 Å². The Morgan fingerprint density at radius 1 is 1.12 bits per heavy atom. The number of alkyl carbamates (subject to hydrolysis) is 1. The molecule has 5 heteroatoms. The zero-order chi connectivity index (χ0) is 19.2. The van der Waals surface area contributed by atoms with Crippen molar-refractivity contribution >= 4 is 6.09 Å². The molecular weight excluding hydrogens is 330 g/mol. The molecule has 2 rings (SSSR count). The molecule has 2 aromatic rings. The standard InChI is InChI=1S/C21H23NO4/c1-21(2,3)26-20(24)22-18(17-7-5-6-8-19(17)23)14-11-15-9-12-16(25-4)13-10-15/h5-10,12-13,18,23H,1-4H3,(H,22,24)/t18-/m1/s1. The van der Waals surface area contributed by atoms with Crippen LogP contribution in [0.4, 0.5) is 4.79 Å². The maximum Gasteiger partial charge on any atom is 0.408 e. The number of nitrogens with one attached hydrogen (secondary N) is 1. The van der Waals surface area contributed by atoms with Crippen LogP contribution in [0.3, 0.4) is 0 Å². The van der Waals surface area contributed by atoms with E-state index in [1.54, 1.807) is 64.3 Å². The van der Waals surface area contributed by atoms with Crippen LogP contribution in [-0.2, 0) is 4.74 Å². The summed E-state index contributed by atoms with van der Waals surface area (Å²) in [6, 6.07) is 13.3. The summed E-state index contributed by atoms with van der Waals surface area (Å²) < 4.78 is 10.4. The Balaban J connectivity index is 2.27. The van der Waals surface area contributed by atoms with Gasteiger partial charge in [-0.1, -0.05) is 30.0 Å². The lowest BCUT2D eigenvalue weighted by atomic mass is 10.1. The molecule has 2 N–H and O–H groups in total. The molecule has 136 valence electrons. The Bertz CT molecular complexity index is 810. The summed E-state index contributed by atoms with van der Waals surface area (Å²) in [5.41, 5.74) is 0.633. The fourth-order valence-corrected chi connectivity index (χ4v) is 2.18. The fraction of sp³-hybridized carbons (Fsp3) is 0.286. The Labute approximate surface area is 154 Å². The first-order valence-corrected chi connectivity index (χ1v) is 8.21. The van der Waals surface area contributed by atoms with E-state index in [9.17, 15) is 9.90 Å². The van der Waals surface area contributed by atoms with Crippen molar-refractivity contribution in [3.05, 3.63) is 59.7 Å². The summed E-state index contributed by atoms with van der Waals surface area (Å²) in [5.74, 6) is 6.78. The lowest BCUT2D eigenvalue weighted by Crippen LogP contribution is -2.34. The smallest absolute Gasteiger partial charge is 0.408 e. The van der Waals surface area contributed by atoms with Crippen LogP contribution in [0.15, 0.2) is 48.5 Å². The molecule has 0 saturated carbocycles. The number of benzene rings is 2. The number of amides is 1. The summed E-state index contributed by atoms with van der Waals surface area (Å²) in [6.07, 6.45) is -0.602. The van der Waals surface area contributed by atoms with Crippen LogP contribution >= 0.6 is 0 Å². The number of phenolic OH excluding ortho intramolecular Hbond substituents is 1. The van der Waals surface area contributed by atoms with E-state index in [1.165, 1.54) is 0 Å². The van der Waals surface area contributed by atoms with Crippen molar-refractivity contribution in [1.29, 1.82) is 0 Å². The minimum Gasteiger partial charge on any atom is -0.508 e. The van der Waals surface area contributed by atoms with Gasteiger partial charge in [0.1, 0.15) is 23.1 Å². The van der Waals surface area contributed by atoms with E-state index in [0.717, 1.165) is 11.3 Å². The van der Waals surface area contributed by atoms with Gasteiger partial charge in [-0.3, -0.25) is 0 Å². The Hall–Kier alpha value is -3.13. The maximum absolute atomic E-state index is 12.1. The number of rotatable bonds is 3. The van der Waals surface area contributed by atoms with Crippen LogP contribution in [0.2, 0.25) is 0 Å². The third-order valence-corrected chi connectivity index (χ3v) is 3.36. The molecule has 0 aliphatic heterocycles. The molecule has 1 atom stereocenters. The predicted octanol–water partition coefficient (Wildman–Crippen LogP) is 4.02. The van der Waals surface area contributed by atoms with Crippen LogP contribution in [0, 0.1) is 11.8 Å². The topological polar surface area (TPSA) is 67.8 Å². The maximum atomic E-state index is 12.1. The second-order valence-electron chi connectivity index (χ2n) is 6.64. The van der Waals surface area contributed by atoms with Gasteiger partial charge in [-0.15, -0.1) is 0 Å². The number of phenols is 1. The molecule has 0 fully saturated rings. The van der Waals surface area contributed by atoms with E-state index in [1.807, 2.05) is 12.1 Å². The molecule has 1 amide bonds. The van der Waals surface area contributed by atoms with Crippen LogP contribution in [0.5, 0.6) is 11.5 Å². The molecule has 0 bridgehead atoms. The first-order chi connectivity index (χ1) is 12.3. The quantitative estimate of drug-likeness (QED) is 0.818. The van der Waals surface area contributed by atoms with Gasteiger partial charge in [0.2, 0.25) is 0 Å². The minimum atomic E-state index is -0.715. The molecule has 0 radical (unpaired) electrons. The molecule has 0 aromatic heterocycles. The molecule has 0 aliphatic carbocycles. The highest BCUT2D eigenvalue weighted by atomic mass is 16.6. The molecule has 5 nitrogen and oxygen atoms in total. The fourth-order valence-electron chi connectivity index (χ4n) is 2.18. The average Bonchev–Trinajstić information content (AvgIpc) is 2.58. The van der Waals surface area contributed by atoms with E-state index in [2.05, 4.69) is 17.2 Å². The van der Waals surface area contributed by atoms with E-state index in [4.69, 9.17) is 9.47 Å². The first-order valence-electron chi connectivity index (χ1n) is 8.21. The number of carbonyl (C=O) groups is 1. The molecule has 0 aliphatic rings. The summed E-state index contributed by atoms with van der Waals surface area (Å²) in [7, 11) is 1.60. The van der Waals surface area contributed by atoms with Crippen LogP contribution in [0.25, 0.3) is 0 Å². The highest BCUT2D eigenvalue weighted by Crippen LogP contribution is 2.24. The average molecular weight is 353 g/mol. The van der Waals surface area contributed by atoms with Crippen molar-refractivity contribution in [3.63, 3.8) is 0 Å². The number of aromatic hydroxyl groups is 1. The molecule has 2 aromatic carbocycles. The number of methoxy groups -OCH3 is 1. The largest absolute Gasteiger partial charge is 0.508 e. The van der Waals surface area contributed by atoms with Gasteiger partial charge in [0, 0.05) is 11.1 Å².